The maximum atomic E-state index is 5.18. The summed E-state index contributed by atoms with van der Waals surface area (Å²) < 4.78 is 5.18. The summed E-state index contributed by atoms with van der Waals surface area (Å²) in [4.78, 5) is 10.8. The van der Waals surface area contributed by atoms with Gasteiger partial charge in [0.15, 0.2) is 5.13 Å². The van der Waals surface area contributed by atoms with Gasteiger partial charge in [0, 0.05) is 13.1 Å². The van der Waals surface area contributed by atoms with Gasteiger partial charge in [-0.05, 0) is 12.8 Å². The van der Waals surface area contributed by atoms with Gasteiger partial charge in [0.25, 0.3) is 0 Å². The lowest BCUT2D eigenvalue weighted by Gasteiger charge is -2.11. The first-order valence-corrected chi connectivity index (χ1v) is 5.78. The van der Waals surface area contributed by atoms with Crippen molar-refractivity contribution >= 4 is 16.5 Å². The Morgan fingerprint density at radius 1 is 1.40 bits per heavy atom. The number of anilines is 1. The minimum absolute atomic E-state index is 0.552. The zero-order valence-corrected chi connectivity index (χ0v) is 8.96. The summed E-state index contributed by atoms with van der Waals surface area (Å²) in [6, 6.07) is 0. The average Bonchev–Trinajstić information content (AvgIpc) is 3.02. The van der Waals surface area contributed by atoms with Crippen LogP contribution < -0.4 is 4.90 Å². The lowest BCUT2D eigenvalue weighted by molar-refractivity contribution is 0.572. The molecular formula is C10H10N3OS. The number of hydrogen-bond acceptors (Lipinski definition) is 5. The molecule has 15 heavy (non-hydrogen) atoms. The van der Waals surface area contributed by atoms with E-state index < -0.39 is 0 Å². The van der Waals surface area contributed by atoms with Crippen LogP contribution in [0.1, 0.15) is 12.8 Å². The Bertz CT molecular complexity index is 431. The number of hydrogen-bond donors (Lipinski definition) is 0. The molecule has 3 heterocycles. The van der Waals surface area contributed by atoms with Crippen molar-refractivity contribution in [3.63, 3.8) is 0 Å². The molecule has 0 bridgehead atoms. The van der Waals surface area contributed by atoms with Crippen LogP contribution in [-0.4, -0.2) is 23.1 Å². The fourth-order valence-corrected chi connectivity index (χ4v) is 2.48. The van der Waals surface area contributed by atoms with Crippen LogP contribution in [0.25, 0.3) is 11.6 Å². The zero-order valence-electron chi connectivity index (χ0n) is 8.14. The molecule has 0 unspecified atom stereocenters. The van der Waals surface area contributed by atoms with Crippen molar-refractivity contribution in [2.45, 2.75) is 12.8 Å². The van der Waals surface area contributed by atoms with E-state index >= 15 is 0 Å². The third-order valence-electron chi connectivity index (χ3n) is 2.46. The van der Waals surface area contributed by atoms with Crippen molar-refractivity contribution in [3.05, 3.63) is 17.8 Å². The van der Waals surface area contributed by atoms with Gasteiger partial charge in [-0.15, -0.1) is 0 Å². The highest BCUT2D eigenvalue weighted by atomic mass is 32.1. The van der Waals surface area contributed by atoms with Crippen molar-refractivity contribution in [3.8, 4) is 11.6 Å². The van der Waals surface area contributed by atoms with Gasteiger partial charge in [0.2, 0.25) is 5.89 Å². The predicted molar refractivity (Wildman–Crippen MR) is 57.9 cm³/mol. The van der Waals surface area contributed by atoms with Gasteiger partial charge in [-0.2, -0.15) is 0 Å². The van der Waals surface area contributed by atoms with Crippen molar-refractivity contribution in [2.75, 3.05) is 18.0 Å². The Balaban J connectivity index is 1.87. The summed E-state index contributed by atoms with van der Waals surface area (Å²) in [5.74, 6) is 0.552. The molecule has 0 spiro atoms. The van der Waals surface area contributed by atoms with E-state index in [1.807, 2.05) is 0 Å². The molecule has 0 amide bonds. The van der Waals surface area contributed by atoms with Crippen molar-refractivity contribution in [1.29, 1.82) is 0 Å². The maximum Gasteiger partial charge on any atom is 0.246 e. The molecule has 0 aromatic carbocycles. The fraction of sp³-hybridized carbons (Fsp3) is 0.400. The molecule has 1 radical (unpaired) electrons. The number of thiazole rings is 1. The van der Waals surface area contributed by atoms with Crippen LogP contribution in [-0.2, 0) is 0 Å². The van der Waals surface area contributed by atoms with E-state index in [0.29, 0.717) is 11.6 Å². The molecule has 5 heteroatoms. The second kappa shape index (κ2) is 3.66. The molecule has 0 atom stereocenters. The Hall–Kier alpha value is -1.36. The Morgan fingerprint density at radius 2 is 2.27 bits per heavy atom. The zero-order chi connectivity index (χ0) is 10.1. The number of rotatable bonds is 2. The highest BCUT2D eigenvalue weighted by Crippen LogP contribution is 2.27. The van der Waals surface area contributed by atoms with Crippen LogP contribution in [0.5, 0.6) is 0 Å². The maximum absolute atomic E-state index is 5.18. The molecule has 1 saturated heterocycles. The molecule has 1 aliphatic rings. The van der Waals surface area contributed by atoms with Crippen LogP contribution in [0.2, 0.25) is 0 Å². The van der Waals surface area contributed by atoms with Gasteiger partial charge < -0.3 is 9.32 Å². The van der Waals surface area contributed by atoms with Crippen LogP contribution in [0, 0.1) is 5.38 Å². The monoisotopic (exact) mass is 220 g/mol. The van der Waals surface area contributed by atoms with E-state index in [0.717, 1.165) is 18.2 Å². The van der Waals surface area contributed by atoms with Gasteiger partial charge in [-0.25, -0.2) is 9.97 Å². The van der Waals surface area contributed by atoms with Crippen LogP contribution in [0.4, 0.5) is 5.13 Å². The standard InChI is InChI=1S/C10H10N3OS/c1-2-5-13(4-1)10-12-8(7-15-10)9-11-3-6-14-9/h3,6H,1-2,4-5H2. The summed E-state index contributed by atoms with van der Waals surface area (Å²) in [6.45, 7) is 2.21. The first kappa shape index (κ1) is 8.91. The van der Waals surface area contributed by atoms with Gasteiger partial charge in [-0.3, -0.25) is 0 Å². The molecule has 0 aliphatic carbocycles. The number of nitrogens with zero attached hydrogens (tertiary/aromatic N) is 3. The van der Waals surface area contributed by atoms with Crippen molar-refractivity contribution in [2.24, 2.45) is 0 Å². The summed E-state index contributed by atoms with van der Waals surface area (Å²) in [5.41, 5.74) is 0.715. The Labute approximate surface area is 91.6 Å². The normalized spacial score (nSPS) is 16.1. The number of aromatic nitrogens is 2. The lowest BCUT2D eigenvalue weighted by Crippen LogP contribution is -2.17. The van der Waals surface area contributed by atoms with Gasteiger partial charge in [0.1, 0.15) is 12.0 Å². The van der Waals surface area contributed by atoms with E-state index in [1.54, 1.807) is 12.5 Å². The molecule has 1 fully saturated rings. The van der Waals surface area contributed by atoms with Crippen molar-refractivity contribution < 1.29 is 4.42 Å². The minimum Gasteiger partial charge on any atom is -0.443 e. The SMILES string of the molecule is [c]1sc(N2CCCC2)nc1-c1ncco1. The highest BCUT2D eigenvalue weighted by molar-refractivity contribution is 7.13. The van der Waals surface area contributed by atoms with Gasteiger partial charge >= 0.3 is 0 Å². The van der Waals surface area contributed by atoms with Crippen LogP contribution in [0.3, 0.4) is 0 Å². The van der Waals surface area contributed by atoms with Crippen LogP contribution >= 0.6 is 11.3 Å². The summed E-state index contributed by atoms with van der Waals surface area (Å²) in [6.07, 6.45) is 5.69. The Kier molecular flexibility index (Phi) is 2.17. The number of oxazole rings is 1. The summed E-state index contributed by atoms with van der Waals surface area (Å²) in [7, 11) is 0. The van der Waals surface area contributed by atoms with Gasteiger partial charge in [0.05, 0.1) is 11.6 Å². The molecule has 3 rings (SSSR count). The fourth-order valence-electron chi connectivity index (χ4n) is 1.71. The quantitative estimate of drug-likeness (QED) is 0.778. The molecule has 2 aromatic rings. The molecule has 1 aliphatic heterocycles. The van der Waals surface area contributed by atoms with E-state index in [2.05, 4.69) is 20.2 Å². The topological polar surface area (TPSA) is 42.2 Å². The van der Waals surface area contributed by atoms with Crippen LogP contribution in [0.15, 0.2) is 16.9 Å². The molecule has 77 valence electrons. The second-order valence-corrected chi connectivity index (χ2v) is 4.25. The molecular weight excluding hydrogens is 210 g/mol. The van der Waals surface area contributed by atoms with E-state index in [1.165, 1.54) is 24.2 Å². The van der Waals surface area contributed by atoms with Gasteiger partial charge in [-0.1, -0.05) is 11.3 Å². The van der Waals surface area contributed by atoms with Crippen molar-refractivity contribution in [1.82, 2.24) is 9.97 Å². The summed E-state index contributed by atoms with van der Waals surface area (Å²) in [5, 5.41) is 4.15. The highest BCUT2D eigenvalue weighted by Gasteiger charge is 2.17. The second-order valence-electron chi connectivity index (χ2n) is 3.48. The third-order valence-corrected chi connectivity index (χ3v) is 3.29. The van der Waals surface area contributed by atoms with E-state index in [4.69, 9.17) is 4.42 Å². The van der Waals surface area contributed by atoms with E-state index in [-0.39, 0.29) is 0 Å². The smallest absolute Gasteiger partial charge is 0.246 e. The minimum atomic E-state index is 0.552. The molecule has 0 saturated carbocycles. The molecule has 0 N–H and O–H groups in total. The molecule has 4 nitrogen and oxygen atoms in total. The average molecular weight is 220 g/mol. The largest absolute Gasteiger partial charge is 0.443 e. The third kappa shape index (κ3) is 1.63. The first-order valence-electron chi connectivity index (χ1n) is 4.97. The molecule has 2 aromatic heterocycles. The predicted octanol–water partition coefficient (Wildman–Crippen LogP) is 2.20. The first-order chi connectivity index (χ1) is 7.43. The van der Waals surface area contributed by atoms with E-state index in [9.17, 15) is 0 Å². The summed E-state index contributed by atoms with van der Waals surface area (Å²) >= 11 is 1.53. The lowest BCUT2D eigenvalue weighted by atomic mass is 10.4. The Morgan fingerprint density at radius 3 is 3.00 bits per heavy atom.